The van der Waals surface area contributed by atoms with Crippen molar-refractivity contribution in [1.29, 1.82) is 0 Å². The van der Waals surface area contributed by atoms with Crippen molar-refractivity contribution in [3.63, 3.8) is 0 Å². The summed E-state index contributed by atoms with van der Waals surface area (Å²) in [6.07, 6.45) is 62.5. The first-order chi connectivity index (χ1) is 28.6. The first kappa shape index (κ1) is 56.1. The molecule has 58 heavy (non-hydrogen) atoms. The van der Waals surface area contributed by atoms with Crippen LogP contribution in [0.25, 0.3) is 0 Å². The third-order valence-corrected chi connectivity index (χ3v) is 11.4. The van der Waals surface area contributed by atoms with Crippen LogP contribution in [-0.2, 0) is 19.1 Å². The summed E-state index contributed by atoms with van der Waals surface area (Å²) in [7, 11) is 0. The van der Waals surface area contributed by atoms with Crippen LogP contribution in [0.15, 0.2) is 36.5 Å². The van der Waals surface area contributed by atoms with Crippen LogP contribution in [-0.4, -0.2) is 36.4 Å². The number of allylic oxidation sites excluding steroid dienone is 6. The van der Waals surface area contributed by atoms with E-state index in [9.17, 15) is 14.7 Å². The Balaban J connectivity index is 3.44. The lowest BCUT2D eigenvalue weighted by molar-refractivity contribution is -0.161. The highest BCUT2D eigenvalue weighted by Crippen LogP contribution is 2.16. The molecule has 0 saturated heterocycles. The molecule has 5 nitrogen and oxygen atoms in total. The predicted molar refractivity (Wildman–Crippen MR) is 251 cm³/mol. The first-order valence-electron chi connectivity index (χ1n) is 25.5. The molecule has 0 amide bonds. The van der Waals surface area contributed by atoms with Gasteiger partial charge in [-0.05, 0) is 51.4 Å². The minimum Gasteiger partial charge on any atom is -0.462 e. The lowest BCUT2D eigenvalue weighted by Gasteiger charge is -2.15. The van der Waals surface area contributed by atoms with Gasteiger partial charge in [0.05, 0.1) is 6.61 Å². The fraction of sp³-hybridized carbons (Fsp3) is 0.849. The molecule has 1 atom stereocenters. The van der Waals surface area contributed by atoms with Gasteiger partial charge in [0, 0.05) is 12.8 Å². The molecule has 1 N–H and O–H groups in total. The Kier molecular flexibility index (Phi) is 47.9. The summed E-state index contributed by atoms with van der Waals surface area (Å²) in [5.41, 5.74) is 0. The van der Waals surface area contributed by atoms with Gasteiger partial charge in [0.1, 0.15) is 6.61 Å². The number of aliphatic hydroxyl groups is 1. The van der Waals surface area contributed by atoms with Crippen molar-refractivity contribution >= 4 is 11.9 Å². The highest BCUT2D eigenvalue weighted by Gasteiger charge is 2.16. The topological polar surface area (TPSA) is 72.8 Å². The maximum Gasteiger partial charge on any atom is 0.306 e. The van der Waals surface area contributed by atoms with Gasteiger partial charge < -0.3 is 14.6 Å². The summed E-state index contributed by atoms with van der Waals surface area (Å²) >= 11 is 0. The van der Waals surface area contributed by atoms with Gasteiger partial charge in [-0.2, -0.15) is 0 Å². The molecule has 0 fully saturated rings. The van der Waals surface area contributed by atoms with Crippen LogP contribution in [0.1, 0.15) is 271 Å². The number of ether oxygens (including phenoxy) is 2. The number of carbonyl (C=O) groups is 2. The van der Waals surface area contributed by atoms with E-state index in [0.717, 1.165) is 51.4 Å². The largest absolute Gasteiger partial charge is 0.462 e. The summed E-state index contributed by atoms with van der Waals surface area (Å²) in [5.74, 6) is -0.578. The van der Waals surface area contributed by atoms with Crippen molar-refractivity contribution in [2.45, 2.75) is 277 Å². The Morgan fingerprint density at radius 2 is 0.690 bits per heavy atom. The van der Waals surface area contributed by atoms with Crippen molar-refractivity contribution in [3.8, 4) is 0 Å². The highest BCUT2D eigenvalue weighted by atomic mass is 16.6. The average molecular weight is 815 g/mol. The molecular weight excluding hydrogens is 717 g/mol. The van der Waals surface area contributed by atoms with Gasteiger partial charge in [0.15, 0.2) is 6.10 Å². The van der Waals surface area contributed by atoms with Crippen molar-refractivity contribution in [2.75, 3.05) is 13.2 Å². The van der Waals surface area contributed by atoms with Gasteiger partial charge in [0.2, 0.25) is 0 Å². The molecule has 0 rings (SSSR count). The van der Waals surface area contributed by atoms with Crippen LogP contribution in [0.4, 0.5) is 0 Å². The van der Waals surface area contributed by atoms with E-state index in [1.54, 1.807) is 0 Å². The van der Waals surface area contributed by atoms with Gasteiger partial charge >= 0.3 is 11.9 Å². The number of unbranched alkanes of at least 4 members (excludes halogenated alkanes) is 33. The maximum absolute atomic E-state index is 12.2. The molecule has 340 valence electrons. The molecule has 0 radical (unpaired) electrons. The van der Waals surface area contributed by atoms with Crippen LogP contribution in [0.2, 0.25) is 0 Å². The molecule has 5 heteroatoms. The van der Waals surface area contributed by atoms with Gasteiger partial charge in [-0.25, -0.2) is 0 Å². The Morgan fingerprint density at radius 1 is 0.397 bits per heavy atom. The molecule has 0 aliphatic heterocycles. The third-order valence-electron chi connectivity index (χ3n) is 11.4. The van der Waals surface area contributed by atoms with Crippen LogP contribution in [0.3, 0.4) is 0 Å². The number of esters is 2. The summed E-state index contributed by atoms with van der Waals surface area (Å²) in [6.45, 7) is 4.15. The van der Waals surface area contributed by atoms with Crippen molar-refractivity contribution in [2.24, 2.45) is 0 Å². The van der Waals surface area contributed by atoms with E-state index in [-0.39, 0.29) is 25.2 Å². The quantitative estimate of drug-likeness (QED) is 0.0376. The minimum absolute atomic E-state index is 0.0608. The molecule has 0 heterocycles. The molecule has 0 aromatic heterocycles. The van der Waals surface area contributed by atoms with Gasteiger partial charge in [-0.1, -0.05) is 243 Å². The summed E-state index contributed by atoms with van der Waals surface area (Å²) in [6, 6.07) is 0. The Hall–Kier alpha value is -1.88. The van der Waals surface area contributed by atoms with E-state index >= 15 is 0 Å². The second kappa shape index (κ2) is 49.5. The smallest absolute Gasteiger partial charge is 0.306 e. The highest BCUT2D eigenvalue weighted by molar-refractivity contribution is 5.70. The van der Waals surface area contributed by atoms with Crippen molar-refractivity contribution < 1.29 is 24.2 Å². The lowest BCUT2D eigenvalue weighted by Crippen LogP contribution is -2.28. The molecular formula is C53H98O5. The number of rotatable bonds is 47. The zero-order chi connectivity index (χ0) is 42.1. The molecule has 1 unspecified atom stereocenters. The molecule has 0 aromatic rings. The number of hydrogen-bond donors (Lipinski definition) is 1. The second-order valence-corrected chi connectivity index (χ2v) is 17.3. The summed E-state index contributed by atoms with van der Waals surface area (Å²) in [5, 5.41) is 9.60. The fourth-order valence-electron chi connectivity index (χ4n) is 7.56. The molecule has 0 aromatic carbocycles. The predicted octanol–water partition coefficient (Wildman–Crippen LogP) is 16.7. The summed E-state index contributed by atoms with van der Waals surface area (Å²) in [4.78, 5) is 24.4. The van der Waals surface area contributed by atoms with Crippen LogP contribution >= 0.6 is 0 Å². The van der Waals surface area contributed by atoms with Crippen LogP contribution in [0, 0.1) is 0 Å². The monoisotopic (exact) mass is 815 g/mol. The Bertz CT molecular complexity index is 924. The van der Waals surface area contributed by atoms with E-state index in [2.05, 4.69) is 50.3 Å². The molecule has 0 bridgehead atoms. The maximum atomic E-state index is 12.2. The Morgan fingerprint density at radius 3 is 1.03 bits per heavy atom. The zero-order valence-corrected chi connectivity index (χ0v) is 38.8. The van der Waals surface area contributed by atoms with Gasteiger partial charge in [-0.3, -0.25) is 9.59 Å². The van der Waals surface area contributed by atoms with Crippen molar-refractivity contribution in [3.05, 3.63) is 36.5 Å². The van der Waals surface area contributed by atoms with Gasteiger partial charge in [-0.15, -0.1) is 0 Å². The van der Waals surface area contributed by atoms with Gasteiger partial charge in [0.25, 0.3) is 0 Å². The second-order valence-electron chi connectivity index (χ2n) is 17.3. The number of carbonyl (C=O) groups excluding carboxylic acids is 2. The standard InChI is InChI=1S/C53H98O5/c1-3-5-7-9-11-13-15-17-18-19-20-21-22-23-24-25-26-27-28-29-30-31-32-33-34-36-38-40-42-44-46-48-53(56)58-51(49-54)50-57-52(55)47-45-43-41-39-37-35-16-14-12-10-8-6-4-2/h15,17,19-20,22-23,51,54H,3-14,16,18,21,24-50H2,1-2H3/b17-15-,20-19-,23-22-. The van der Waals surface area contributed by atoms with E-state index in [4.69, 9.17) is 9.47 Å². The van der Waals surface area contributed by atoms with Crippen LogP contribution in [0.5, 0.6) is 0 Å². The van der Waals surface area contributed by atoms with Crippen LogP contribution < -0.4 is 0 Å². The minimum atomic E-state index is -0.767. The molecule has 0 spiro atoms. The average Bonchev–Trinajstić information content (AvgIpc) is 3.23. The zero-order valence-electron chi connectivity index (χ0n) is 38.8. The number of aliphatic hydroxyl groups excluding tert-OH is 1. The first-order valence-corrected chi connectivity index (χ1v) is 25.5. The van der Waals surface area contributed by atoms with E-state index in [1.165, 1.54) is 193 Å². The molecule has 0 aliphatic rings. The molecule has 0 aliphatic carbocycles. The van der Waals surface area contributed by atoms with E-state index < -0.39 is 6.10 Å². The van der Waals surface area contributed by atoms with Crippen molar-refractivity contribution in [1.82, 2.24) is 0 Å². The lowest BCUT2D eigenvalue weighted by atomic mass is 10.0. The third kappa shape index (κ3) is 46.8. The fourth-order valence-corrected chi connectivity index (χ4v) is 7.56. The number of hydrogen-bond acceptors (Lipinski definition) is 5. The molecule has 0 saturated carbocycles. The summed E-state index contributed by atoms with van der Waals surface area (Å²) < 4.78 is 10.7. The Labute approximate surface area is 361 Å². The van der Waals surface area contributed by atoms with E-state index in [0.29, 0.717) is 12.8 Å². The SMILES string of the molecule is CCCCCCC/C=C\C/C=C\C/C=C\CCCCCCCCCCCCCCCCCCC(=O)OC(CO)COC(=O)CCCCCCCCCCCCCCC. The van der Waals surface area contributed by atoms with E-state index in [1.807, 2.05) is 0 Å². The normalized spacial score (nSPS) is 12.4.